The highest BCUT2D eigenvalue weighted by Crippen LogP contribution is 2.25. The molecule has 1 aromatic carbocycles. The predicted molar refractivity (Wildman–Crippen MR) is 83.5 cm³/mol. The van der Waals surface area contributed by atoms with Gasteiger partial charge in [0, 0.05) is 23.3 Å². The Bertz CT molecular complexity index is 598. The number of hydrogen-bond acceptors (Lipinski definition) is 4. The number of hydrogen-bond donors (Lipinski definition) is 3. The Labute approximate surface area is 125 Å². The highest BCUT2D eigenvalue weighted by molar-refractivity contribution is 7.92. The predicted octanol–water partition coefficient (Wildman–Crippen LogP) is 1.51. The molecule has 2 unspecified atom stereocenters. The quantitative estimate of drug-likeness (QED) is 0.767. The third-order valence-corrected chi connectivity index (χ3v) is 4.96. The van der Waals surface area contributed by atoms with Crippen molar-refractivity contribution in [3.8, 4) is 0 Å². The normalized spacial score (nSPS) is 22.0. The second-order valence-electron chi connectivity index (χ2n) is 5.34. The van der Waals surface area contributed by atoms with E-state index >= 15 is 0 Å². The van der Waals surface area contributed by atoms with E-state index in [-0.39, 0.29) is 23.6 Å². The Morgan fingerprint density at radius 2 is 1.86 bits per heavy atom. The van der Waals surface area contributed by atoms with Gasteiger partial charge in [-0.3, -0.25) is 9.52 Å². The summed E-state index contributed by atoms with van der Waals surface area (Å²) in [5.41, 5.74) is 6.94. The van der Waals surface area contributed by atoms with Crippen LogP contribution in [0.3, 0.4) is 0 Å². The molecule has 116 valence electrons. The number of amides is 1. The van der Waals surface area contributed by atoms with Crippen LogP contribution >= 0.6 is 0 Å². The third kappa shape index (κ3) is 4.44. The van der Waals surface area contributed by atoms with Crippen molar-refractivity contribution in [3.63, 3.8) is 0 Å². The lowest BCUT2D eigenvalue weighted by atomic mass is 10.1. The van der Waals surface area contributed by atoms with Gasteiger partial charge in [0.05, 0.1) is 5.75 Å². The van der Waals surface area contributed by atoms with Crippen molar-refractivity contribution >= 4 is 27.3 Å². The van der Waals surface area contributed by atoms with Gasteiger partial charge in [0.25, 0.3) is 0 Å². The maximum absolute atomic E-state index is 12.0. The molecule has 0 aromatic heterocycles. The number of nitrogens with two attached hydrogens (primary N) is 1. The molecule has 21 heavy (non-hydrogen) atoms. The average molecular weight is 311 g/mol. The molecular weight excluding hydrogens is 290 g/mol. The number of anilines is 2. The number of carbonyl (C=O) groups is 1. The maximum atomic E-state index is 12.0. The van der Waals surface area contributed by atoms with Gasteiger partial charge in [0.15, 0.2) is 0 Å². The van der Waals surface area contributed by atoms with Crippen molar-refractivity contribution in [2.24, 2.45) is 11.7 Å². The molecule has 1 aliphatic rings. The molecular formula is C14H21N3O3S. The smallest absolute Gasteiger partial charge is 0.232 e. The Morgan fingerprint density at radius 3 is 2.38 bits per heavy atom. The summed E-state index contributed by atoms with van der Waals surface area (Å²) in [5.74, 6) is -0.0314. The molecule has 6 nitrogen and oxygen atoms in total. The molecule has 0 saturated heterocycles. The van der Waals surface area contributed by atoms with Crippen molar-refractivity contribution in [2.75, 3.05) is 15.8 Å². The van der Waals surface area contributed by atoms with Crippen LogP contribution in [0.5, 0.6) is 0 Å². The summed E-state index contributed by atoms with van der Waals surface area (Å²) in [6.45, 7) is 1.57. The van der Waals surface area contributed by atoms with Gasteiger partial charge in [-0.05, 0) is 50.5 Å². The lowest BCUT2D eigenvalue weighted by Crippen LogP contribution is -2.23. The topological polar surface area (TPSA) is 101 Å². The fourth-order valence-corrected chi connectivity index (χ4v) is 3.01. The molecule has 0 heterocycles. The largest absolute Gasteiger partial charge is 0.328 e. The molecule has 0 aliphatic heterocycles. The van der Waals surface area contributed by atoms with Crippen molar-refractivity contribution in [1.82, 2.24) is 0 Å². The van der Waals surface area contributed by atoms with Crippen LogP contribution in [0.4, 0.5) is 11.4 Å². The second kappa shape index (κ2) is 6.44. The van der Waals surface area contributed by atoms with Crippen LogP contribution in [0, 0.1) is 5.92 Å². The zero-order chi connectivity index (χ0) is 15.5. The van der Waals surface area contributed by atoms with E-state index in [1.54, 1.807) is 31.2 Å². The van der Waals surface area contributed by atoms with Gasteiger partial charge in [-0.2, -0.15) is 0 Å². The van der Waals surface area contributed by atoms with E-state index in [2.05, 4.69) is 10.0 Å². The van der Waals surface area contributed by atoms with Gasteiger partial charge >= 0.3 is 0 Å². The first-order valence-corrected chi connectivity index (χ1v) is 8.72. The molecule has 0 spiro atoms. The van der Waals surface area contributed by atoms with Gasteiger partial charge in [0.1, 0.15) is 0 Å². The lowest BCUT2D eigenvalue weighted by molar-refractivity contribution is -0.119. The number of sulfonamides is 1. The van der Waals surface area contributed by atoms with E-state index in [4.69, 9.17) is 5.73 Å². The summed E-state index contributed by atoms with van der Waals surface area (Å²) in [7, 11) is -3.28. The number of benzene rings is 1. The van der Waals surface area contributed by atoms with Crippen LogP contribution in [0.15, 0.2) is 24.3 Å². The van der Waals surface area contributed by atoms with E-state index < -0.39 is 10.0 Å². The second-order valence-corrected chi connectivity index (χ2v) is 7.35. The first-order valence-electron chi connectivity index (χ1n) is 7.06. The van der Waals surface area contributed by atoms with Gasteiger partial charge in [0.2, 0.25) is 15.9 Å². The van der Waals surface area contributed by atoms with Crippen molar-refractivity contribution in [3.05, 3.63) is 24.3 Å². The minimum absolute atomic E-state index is 0.0213. The van der Waals surface area contributed by atoms with E-state index in [9.17, 15) is 13.2 Å². The first kappa shape index (κ1) is 15.8. The molecule has 1 aliphatic carbocycles. The minimum atomic E-state index is -3.28. The van der Waals surface area contributed by atoms with Gasteiger partial charge in [-0.1, -0.05) is 0 Å². The number of rotatable bonds is 5. The summed E-state index contributed by atoms with van der Waals surface area (Å²) in [6.07, 6.45) is 2.43. The third-order valence-electron chi connectivity index (χ3n) is 3.65. The monoisotopic (exact) mass is 311 g/mol. The van der Waals surface area contributed by atoms with Gasteiger partial charge in [-0.25, -0.2) is 8.42 Å². The Morgan fingerprint density at radius 1 is 1.24 bits per heavy atom. The zero-order valence-electron chi connectivity index (χ0n) is 12.0. The summed E-state index contributed by atoms with van der Waals surface area (Å²) >= 11 is 0. The van der Waals surface area contributed by atoms with Crippen LogP contribution in [0.1, 0.15) is 26.2 Å². The van der Waals surface area contributed by atoms with Crippen LogP contribution in [-0.2, 0) is 14.8 Å². The summed E-state index contributed by atoms with van der Waals surface area (Å²) in [6, 6.07) is 6.74. The highest BCUT2D eigenvalue weighted by atomic mass is 32.2. The molecule has 1 fully saturated rings. The minimum Gasteiger partial charge on any atom is -0.328 e. The van der Waals surface area contributed by atoms with Crippen LogP contribution in [0.2, 0.25) is 0 Å². The average Bonchev–Trinajstić information content (AvgIpc) is 2.87. The van der Waals surface area contributed by atoms with Crippen molar-refractivity contribution < 1.29 is 13.2 Å². The molecule has 0 radical (unpaired) electrons. The lowest BCUT2D eigenvalue weighted by Gasteiger charge is -2.11. The molecule has 0 bridgehead atoms. The molecule has 1 saturated carbocycles. The van der Waals surface area contributed by atoms with E-state index in [1.165, 1.54) is 0 Å². The Balaban J connectivity index is 1.95. The highest BCUT2D eigenvalue weighted by Gasteiger charge is 2.27. The standard InChI is InChI=1S/C14H21N3O3S/c1-2-21(19,20)17-13-7-5-12(6-8-13)16-14(18)10-3-4-11(15)9-10/h5-8,10-11,17H,2-4,9,15H2,1H3,(H,16,18). The molecule has 4 N–H and O–H groups in total. The van der Waals surface area contributed by atoms with Crippen LogP contribution < -0.4 is 15.8 Å². The Hall–Kier alpha value is -1.60. The molecule has 2 rings (SSSR count). The van der Waals surface area contributed by atoms with Crippen LogP contribution in [-0.4, -0.2) is 26.1 Å². The van der Waals surface area contributed by atoms with Crippen LogP contribution in [0.25, 0.3) is 0 Å². The van der Waals surface area contributed by atoms with Crippen molar-refractivity contribution in [1.29, 1.82) is 0 Å². The zero-order valence-corrected chi connectivity index (χ0v) is 12.8. The molecule has 7 heteroatoms. The Kier molecular flexibility index (Phi) is 4.84. The van der Waals surface area contributed by atoms with Gasteiger partial charge in [-0.15, -0.1) is 0 Å². The van der Waals surface area contributed by atoms with Gasteiger partial charge < -0.3 is 11.1 Å². The number of nitrogens with one attached hydrogen (secondary N) is 2. The molecule has 2 atom stereocenters. The summed E-state index contributed by atoms with van der Waals surface area (Å²) in [5, 5.41) is 2.84. The summed E-state index contributed by atoms with van der Waals surface area (Å²) in [4.78, 5) is 12.0. The van der Waals surface area contributed by atoms with E-state index in [1.807, 2.05) is 0 Å². The maximum Gasteiger partial charge on any atom is 0.232 e. The number of carbonyl (C=O) groups excluding carboxylic acids is 1. The van der Waals surface area contributed by atoms with Crippen molar-refractivity contribution in [2.45, 2.75) is 32.2 Å². The SMILES string of the molecule is CCS(=O)(=O)Nc1ccc(NC(=O)C2CCC(N)C2)cc1. The fraction of sp³-hybridized carbons (Fsp3) is 0.500. The van der Waals surface area contributed by atoms with E-state index in [0.717, 1.165) is 19.3 Å². The fourth-order valence-electron chi connectivity index (χ4n) is 2.37. The summed E-state index contributed by atoms with van der Waals surface area (Å²) < 4.78 is 25.3. The molecule has 1 amide bonds. The first-order chi connectivity index (χ1) is 9.89. The van der Waals surface area contributed by atoms with E-state index in [0.29, 0.717) is 11.4 Å². The molecule has 1 aromatic rings.